The monoisotopic (exact) mass is 175 g/mol. The van der Waals surface area contributed by atoms with E-state index in [0.29, 0.717) is 6.41 Å². The molecule has 0 spiro atoms. The molecule has 0 bridgehead atoms. The summed E-state index contributed by atoms with van der Waals surface area (Å²) in [7, 11) is 0. The van der Waals surface area contributed by atoms with Crippen molar-refractivity contribution in [1.29, 1.82) is 0 Å². The van der Waals surface area contributed by atoms with Crippen LogP contribution in [-0.4, -0.2) is 57.8 Å². The molecule has 54 valence electrons. The number of anilines is 1. The predicted molar refractivity (Wildman–Crippen MR) is 48.0 cm³/mol. The third-order valence-corrected chi connectivity index (χ3v) is 1.28. The molecule has 3 heteroatoms. The van der Waals surface area contributed by atoms with Crippen molar-refractivity contribution in [2.24, 2.45) is 0 Å². The summed E-state index contributed by atoms with van der Waals surface area (Å²) < 4.78 is 0. The van der Waals surface area contributed by atoms with Crippen molar-refractivity contribution < 1.29 is 4.79 Å². The normalized spacial score (nSPS) is 8.09. The predicted octanol–water partition coefficient (Wildman–Crippen LogP) is 0.915. The fourth-order valence-corrected chi connectivity index (χ4v) is 0.718. The van der Waals surface area contributed by atoms with Crippen molar-refractivity contribution in [1.82, 2.24) is 0 Å². The molecule has 1 amide bonds. The number of aryl methyl sites for hydroxylation is 1. The second kappa shape index (κ2) is 5.91. The van der Waals surface area contributed by atoms with E-state index in [4.69, 9.17) is 0 Å². The van der Waals surface area contributed by atoms with Gasteiger partial charge in [-0.1, -0.05) is 17.7 Å². The Morgan fingerprint density at radius 3 is 2.27 bits per heavy atom. The minimum absolute atomic E-state index is 0. The molecule has 0 aromatic heterocycles. The van der Waals surface area contributed by atoms with E-state index in [-0.39, 0.29) is 51.4 Å². The molecule has 1 aromatic rings. The van der Waals surface area contributed by atoms with Crippen molar-refractivity contribution in [2.45, 2.75) is 6.92 Å². The van der Waals surface area contributed by atoms with Gasteiger partial charge in [-0.05, 0) is 19.1 Å². The summed E-state index contributed by atoms with van der Waals surface area (Å²) >= 11 is 0. The van der Waals surface area contributed by atoms with Crippen LogP contribution in [0.25, 0.3) is 0 Å². The van der Waals surface area contributed by atoms with E-state index in [1.807, 2.05) is 31.2 Å². The van der Waals surface area contributed by atoms with E-state index in [0.717, 1.165) is 5.69 Å². The van der Waals surface area contributed by atoms with Gasteiger partial charge in [-0.3, -0.25) is 4.79 Å². The van der Waals surface area contributed by atoms with Gasteiger partial charge in [0.1, 0.15) is 0 Å². The summed E-state index contributed by atoms with van der Waals surface area (Å²) in [6.07, 6.45) is 0.671. The second-order valence-corrected chi connectivity index (χ2v) is 2.13. The van der Waals surface area contributed by atoms with Gasteiger partial charge in [-0.15, -0.1) is 0 Å². The Morgan fingerprint density at radius 2 is 1.82 bits per heavy atom. The van der Waals surface area contributed by atoms with Crippen molar-refractivity contribution in [3.8, 4) is 0 Å². The molecule has 0 fully saturated rings. The van der Waals surface area contributed by atoms with Gasteiger partial charge in [0.15, 0.2) is 0 Å². The Labute approximate surface area is 109 Å². The Morgan fingerprint density at radius 1 is 1.27 bits per heavy atom. The number of rotatable bonds is 2. The number of amides is 1. The molecule has 0 aliphatic heterocycles. The first kappa shape index (κ1) is 11.3. The Hall–Kier alpha value is 0.326. The number of carbonyl (C=O) groups excluding carboxylic acids is 1. The SMILES string of the molecule is Cc1ccc(NC=O)cc1.[KH]. The Bertz CT molecular complexity index is 220. The van der Waals surface area contributed by atoms with Gasteiger partial charge in [-0.25, -0.2) is 0 Å². The van der Waals surface area contributed by atoms with Crippen LogP contribution in [0, 0.1) is 6.92 Å². The first-order chi connectivity index (χ1) is 4.83. The summed E-state index contributed by atoms with van der Waals surface area (Å²) in [5, 5.41) is 2.55. The van der Waals surface area contributed by atoms with E-state index in [9.17, 15) is 4.79 Å². The van der Waals surface area contributed by atoms with Gasteiger partial charge in [0.25, 0.3) is 0 Å². The summed E-state index contributed by atoms with van der Waals surface area (Å²) in [5.41, 5.74) is 2.03. The van der Waals surface area contributed by atoms with Gasteiger partial charge in [0.2, 0.25) is 6.41 Å². The van der Waals surface area contributed by atoms with E-state index in [2.05, 4.69) is 5.32 Å². The molecule has 0 unspecified atom stereocenters. The van der Waals surface area contributed by atoms with Crippen molar-refractivity contribution in [3.63, 3.8) is 0 Å². The zero-order chi connectivity index (χ0) is 7.40. The average Bonchev–Trinajstić information content (AvgIpc) is 1.95. The third kappa shape index (κ3) is 4.03. The number of benzene rings is 1. The quantitative estimate of drug-likeness (QED) is 0.525. The fourth-order valence-electron chi connectivity index (χ4n) is 0.718. The van der Waals surface area contributed by atoms with Crippen LogP contribution in [0.4, 0.5) is 5.69 Å². The number of hydrogen-bond donors (Lipinski definition) is 1. The molecule has 0 atom stereocenters. The standard InChI is InChI=1S/C8H9NO.K.H/c1-7-2-4-8(5-3-7)9-6-10;;/h2-6H,1H3,(H,9,10);;. The molecule has 0 saturated heterocycles. The van der Waals surface area contributed by atoms with Crippen LogP contribution in [0.15, 0.2) is 24.3 Å². The van der Waals surface area contributed by atoms with Gasteiger partial charge in [-0.2, -0.15) is 0 Å². The van der Waals surface area contributed by atoms with Crippen LogP contribution < -0.4 is 5.32 Å². The summed E-state index contributed by atoms with van der Waals surface area (Å²) in [6.45, 7) is 2.00. The van der Waals surface area contributed by atoms with Gasteiger partial charge < -0.3 is 5.32 Å². The molecule has 1 N–H and O–H groups in total. The molecular formula is C8H10KNO. The van der Waals surface area contributed by atoms with Crippen molar-refractivity contribution in [2.75, 3.05) is 5.32 Å². The molecule has 1 rings (SSSR count). The van der Waals surface area contributed by atoms with Gasteiger partial charge in [0, 0.05) is 5.69 Å². The molecule has 0 heterocycles. The van der Waals surface area contributed by atoms with Crippen LogP contribution in [0.1, 0.15) is 5.56 Å². The van der Waals surface area contributed by atoms with Crippen LogP contribution in [0.2, 0.25) is 0 Å². The van der Waals surface area contributed by atoms with E-state index < -0.39 is 0 Å². The van der Waals surface area contributed by atoms with Crippen LogP contribution in [0.5, 0.6) is 0 Å². The zero-order valence-corrected chi connectivity index (χ0v) is 5.79. The summed E-state index contributed by atoms with van der Waals surface area (Å²) in [5.74, 6) is 0. The third-order valence-electron chi connectivity index (χ3n) is 1.28. The molecule has 0 aliphatic carbocycles. The maximum absolute atomic E-state index is 9.95. The Kier molecular flexibility index (Phi) is 6.09. The van der Waals surface area contributed by atoms with Gasteiger partial charge >= 0.3 is 51.4 Å². The number of carbonyl (C=O) groups is 1. The van der Waals surface area contributed by atoms with Crippen LogP contribution in [-0.2, 0) is 4.79 Å². The summed E-state index contributed by atoms with van der Waals surface area (Å²) in [4.78, 5) is 9.95. The molecular weight excluding hydrogens is 165 g/mol. The fraction of sp³-hybridized carbons (Fsp3) is 0.125. The van der Waals surface area contributed by atoms with Gasteiger partial charge in [0.05, 0.1) is 0 Å². The maximum atomic E-state index is 9.95. The topological polar surface area (TPSA) is 29.1 Å². The molecule has 0 saturated carbocycles. The van der Waals surface area contributed by atoms with E-state index in [1.165, 1.54) is 5.56 Å². The molecule has 11 heavy (non-hydrogen) atoms. The van der Waals surface area contributed by atoms with E-state index in [1.54, 1.807) is 0 Å². The van der Waals surface area contributed by atoms with Crippen LogP contribution >= 0.6 is 0 Å². The first-order valence-corrected chi connectivity index (χ1v) is 3.10. The van der Waals surface area contributed by atoms with Crippen LogP contribution in [0.3, 0.4) is 0 Å². The van der Waals surface area contributed by atoms with E-state index >= 15 is 0 Å². The average molecular weight is 175 g/mol. The molecule has 0 aliphatic rings. The first-order valence-electron chi connectivity index (χ1n) is 3.10. The molecule has 1 aromatic carbocycles. The number of hydrogen-bond acceptors (Lipinski definition) is 1. The van der Waals surface area contributed by atoms with Crippen molar-refractivity contribution in [3.05, 3.63) is 29.8 Å². The molecule has 2 nitrogen and oxygen atoms in total. The zero-order valence-electron chi connectivity index (χ0n) is 5.79. The Balaban J connectivity index is 0.000001000. The molecule has 0 radical (unpaired) electrons. The number of nitrogens with one attached hydrogen (secondary N) is 1. The second-order valence-electron chi connectivity index (χ2n) is 2.13. The summed E-state index contributed by atoms with van der Waals surface area (Å²) in [6, 6.07) is 7.63. The van der Waals surface area contributed by atoms with Crippen molar-refractivity contribution >= 4 is 63.5 Å². The minimum atomic E-state index is 0.